The third-order valence-corrected chi connectivity index (χ3v) is 5.18. The molecule has 1 aliphatic rings. The maximum atomic E-state index is 12.4. The Kier molecular flexibility index (Phi) is 5.29. The number of aromatic nitrogens is 2. The van der Waals surface area contributed by atoms with E-state index < -0.39 is 12.7 Å². The van der Waals surface area contributed by atoms with Crippen LogP contribution in [0.3, 0.4) is 0 Å². The zero-order valence-electron chi connectivity index (χ0n) is 16.5. The van der Waals surface area contributed by atoms with E-state index in [1.165, 1.54) is 24.8 Å². The van der Waals surface area contributed by atoms with Gasteiger partial charge in [-0.15, -0.1) is 0 Å². The summed E-state index contributed by atoms with van der Waals surface area (Å²) in [6, 6.07) is 5.81. The summed E-state index contributed by atoms with van der Waals surface area (Å²) in [6.07, 6.45) is 0.459. The molecule has 1 fully saturated rings. The van der Waals surface area contributed by atoms with Gasteiger partial charge in [0.15, 0.2) is 11.5 Å². The number of hydrogen-bond donors (Lipinski definition) is 1. The molecule has 1 aliphatic carbocycles. The number of methoxy groups -OCH3 is 1. The quantitative estimate of drug-likeness (QED) is 0.542. The van der Waals surface area contributed by atoms with Crippen molar-refractivity contribution < 1.29 is 22.6 Å². The Morgan fingerprint density at radius 3 is 2.69 bits per heavy atom. The van der Waals surface area contributed by atoms with Gasteiger partial charge in [-0.1, -0.05) is 0 Å². The molecule has 3 aromatic rings. The van der Waals surface area contributed by atoms with Crippen LogP contribution >= 0.6 is 0 Å². The zero-order valence-corrected chi connectivity index (χ0v) is 16.5. The van der Waals surface area contributed by atoms with Crippen LogP contribution in [0.1, 0.15) is 30.9 Å². The van der Waals surface area contributed by atoms with Crippen LogP contribution in [0.4, 0.5) is 13.2 Å². The number of benzene rings is 1. The van der Waals surface area contributed by atoms with Crippen LogP contribution in [0, 0.1) is 0 Å². The van der Waals surface area contributed by atoms with Gasteiger partial charge < -0.3 is 14.5 Å². The molecule has 0 bridgehead atoms. The minimum absolute atomic E-state index is 0.298. The molecule has 0 radical (unpaired) electrons. The van der Waals surface area contributed by atoms with Crippen molar-refractivity contribution in [2.45, 2.75) is 31.4 Å². The standard InChI is InChI=1S/C21H24F3N3O2/c1-27(12-21(22,23)24)8-3-9-29-18-11-16-14(10-17(18)28-2)19-15(26-16)6-7-25-20(19)13-4-5-13/h6-7,10-11,13,26H,3-5,8-9,12H2,1-2H3. The second kappa shape index (κ2) is 7.74. The normalized spacial score (nSPS) is 14.8. The van der Waals surface area contributed by atoms with Gasteiger partial charge in [0.1, 0.15) is 0 Å². The predicted molar refractivity (Wildman–Crippen MR) is 106 cm³/mol. The number of halogens is 3. The van der Waals surface area contributed by atoms with Crippen molar-refractivity contribution in [2.75, 3.05) is 33.9 Å². The molecule has 5 nitrogen and oxygen atoms in total. The fourth-order valence-electron chi connectivity index (χ4n) is 3.72. The first-order valence-electron chi connectivity index (χ1n) is 9.72. The van der Waals surface area contributed by atoms with Crippen LogP contribution in [-0.2, 0) is 0 Å². The van der Waals surface area contributed by atoms with Crippen molar-refractivity contribution in [1.29, 1.82) is 0 Å². The van der Waals surface area contributed by atoms with E-state index in [1.807, 2.05) is 24.4 Å². The van der Waals surface area contributed by atoms with Crippen LogP contribution in [0.15, 0.2) is 24.4 Å². The fourth-order valence-corrected chi connectivity index (χ4v) is 3.72. The van der Waals surface area contributed by atoms with Crippen molar-refractivity contribution >= 4 is 21.8 Å². The Morgan fingerprint density at radius 2 is 2.00 bits per heavy atom. The Hall–Kier alpha value is -2.48. The number of pyridine rings is 1. The molecule has 1 N–H and O–H groups in total. The molecule has 0 aliphatic heterocycles. The molecule has 156 valence electrons. The van der Waals surface area contributed by atoms with Crippen LogP contribution in [0.25, 0.3) is 21.8 Å². The van der Waals surface area contributed by atoms with Gasteiger partial charge in [0, 0.05) is 41.0 Å². The molecule has 1 aromatic carbocycles. The van der Waals surface area contributed by atoms with Gasteiger partial charge in [-0.3, -0.25) is 9.88 Å². The molecule has 0 unspecified atom stereocenters. The molecule has 0 spiro atoms. The van der Waals surface area contributed by atoms with Crippen molar-refractivity contribution in [3.63, 3.8) is 0 Å². The molecule has 2 heterocycles. The van der Waals surface area contributed by atoms with E-state index in [1.54, 1.807) is 7.11 Å². The van der Waals surface area contributed by atoms with E-state index >= 15 is 0 Å². The van der Waals surface area contributed by atoms with Crippen molar-refractivity contribution in [3.05, 3.63) is 30.1 Å². The molecular formula is C21H24F3N3O2. The van der Waals surface area contributed by atoms with Gasteiger partial charge in [-0.2, -0.15) is 13.2 Å². The third-order valence-electron chi connectivity index (χ3n) is 5.18. The lowest BCUT2D eigenvalue weighted by molar-refractivity contribution is -0.143. The van der Waals surface area contributed by atoms with Gasteiger partial charge in [0.2, 0.25) is 0 Å². The highest BCUT2D eigenvalue weighted by Gasteiger charge is 2.29. The van der Waals surface area contributed by atoms with E-state index in [2.05, 4.69) is 9.97 Å². The summed E-state index contributed by atoms with van der Waals surface area (Å²) in [5, 5.41) is 2.17. The summed E-state index contributed by atoms with van der Waals surface area (Å²) >= 11 is 0. The number of hydrogen-bond acceptors (Lipinski definition) is 4. The molecule has 0 amide bonds. The third kappa shape index (κ3) is 4.42. The summed E-state index contributed by atoms with van der Waals surface area (Å²) in [6.45, 7) is -0.319. The van der Waals surface area contributed by atoms with Gasteiger partial charge in [0.05, 0.1) is 31.5 Å². The lowest BCUT2D eigenvalue weighted by atomic mass is 10.1. The van der Waals surface area contributed by atoms with Gasteiger partial charge in [0.25, 0.3) is 0 Å². The molecule has 4 rings (SSSR count). The number of fused-ring (bicyclic) bond motifs is 3. The Morgan fingerprint density at radius 1 is 1.21 bits per heavy atom. The maximum Gasteiger partial charge on any atom is 0.401 e. The van der Waals surface area contributed by atoms with Gasteiger partial charge in [-0.05, 0) is 38.4 Å². The number of aromatic amines is 1. The van der Waals surface area contributed by atoms with Crippen molar-refractivity contribution in [1.82, 2.24) is 14.9 Å². The molecular weight excluding hydrogens is 383 g/mol. The summed E-state index contributed by atoms with van der Waals surface area (Å²) < 4.78 is 48.5. The molecule has 1 saturated carbocycles. The largest absolute Gasteiger partial charge is 0.493 e. The topological polar surface area (TPSA) is 50.4 Å². The smallest absolute Gasteiger partial charge is 0.401 e. The minimum atomic E-state index is -4.19. The Labute approximate surface area is 166 Å². The van der Waals surface area contributed by atoms with Gasteiger partial charge in [-0.25, -0.2) is 0 Å². The number of nitrogens with zero attached hydrogens (tertiary/aromatic N) is 2. The second-order valence-corrected chi connectivity index (χ2v) is 7.62. The average Bonchev–Trinajstić information content (AvgIpc) is 3.43. The summed E-state index contributed by atoms with van der Waals surface area (Å²) in [7, 11) is 3.04. The number of H-pyrrole nitrogens is 1. The highest BCUT2D eigenvalue weighted by atomic mass is 19.4. The Balaban J connectivity index is 1.51. The predicted octanol–water partition coefficient (Wildman–Crippen LogP) is 4.87. The SMILES string of the molecule is COc1cc2c(cc1OCCCN(C)CC(F)(F)F)[nH]c1ccnc(C3CC3)c12. The molecule has 0 saturated heterocycles. The summed E-state index contributed by atoms with van der Waals surface area (Å²) in [5.41, 5.74) is 3.09. The van der Waals surface area contributed by atoms with Crippen LogP contribution in [0.5, 0.6) is 11.5 Å². The maximum absolute atomic E-state index is 12.4. The molecule has 2 aromatic heterocycles. The van der Waals surface area contributed by atoms with E-state index in [4.69, 9.17) is 9.47 Å². The Bertz CT molecular complexity index is 1010. The minimum Gasteiger partial charge on any atom is -0.493 e. The highest BCUT2D eigenvalue weighted by Crippen LogP contribution is 2.45. The fraction of sp³-hybridized carbons (Fsp3) is 0.476. The van der Waals surface area contributed by atoms with Crippen molar-refractivity contribution in [2.24, 2.45) is 0 Å². The van der Waals surface area contributed by atoms with Gasteiger partial charge >= 0.3 is 6.18 Å². The lowest BCUT2D eigenvalue weighted by Crippen LogP contribution is -2.32. The first-order valence-corrected chi connectivity index (χ1v) is 9.72. The second-order valence-electron chi connectivity index (χ2n) is 7.62. The average molecular weight is 407 g/mol. The summed E-state index contributed by atoms with van der Waals surface area (Å²) in [4.78, 5) is 9.26. The van der Waals surface area contributed by atoms with Crippen LogP contribution < -0.4 is 9.47 Å². The van der Waals surface area contributed by atoms with E-state index in [0.717, 1.165) is 27.5 Å². The molecule has 0 atom stereocenters. The highest BCUT2D eigenvalue weighted by molar-refractivity contribution is 6.09. The van der Waals surface area contributed by atoms with Crippen molar-refractivity contribution in [3.8, 4) is 11.5 Å². The monoisotopic (exact) mass is 407 g/mol. The van der Waals surface area contributed by atoms with E-state index in [0.29, 0.717) is 37.0 Å². The summed E-state index contributed by atoms with van der Waals surface area (Å²) in [5.74, 6) is 1.70. The first kappa shape index (κ1) is 19.8. The zero-order chi connectivity index (χ0) is 20.6. The first-order chi connectivity index (χ1) is 13.9. The van der Waals surface area contributed by atoms with Crippen LogP contribution in [-0.4, -0.2) is 54.9 Å². The van der Waals surface area contributed by atoms with E-state index in [9.17, 15) is 13.2 Å². The molecule has 8 heteroatoms. The van der Waals surface area contributed by atoms with E-state index in [-0.39, 0.29) is 0 Å². The number of ether oxygens (including phenoxy) is 2. The van der Waals surface area contributed by atoms with Crippen LogP contribution in [0.2, 0.25) is 0 Å². The number of nitrogens with one attached hydrogen (secondary N) is 1. The number of rotatable bonds is 8. The molecule has 29 heavy (non-hydrogen) atoms. The lowest BCUT2D eigenvalue weighted by Gasteiger charge is -2.18. The number of alkyl halides is 3.